The fraction of sp³-hybridized carbons (Fsp3) is 0.467. The lowest BCUT2D eigenvalue weighted by Crippen LogP contribution is -2.56. The van der Waals surface area contributed by atoms with Gasteiger partial charge < -0.3 is 25.0 Å². The normalized spacial score (nSPS) is 13.4. The zero-order valence-corrected chi connectivity index (χ0v) is 23.9. The third-order valence-corrected chi connectivity index (χ3v) is 6.15. The maximum Gasteiger partial charge on any atom is 0.408 e. The Labute approximate surface area is 231 Å². The number of methoxy groups -OCH3 is 1. The number of benzene rings is 2. The Morgan fingerprint density at radius 2 is 1.59 bits per heavy atom. The predicted octanol–water partition coefficient (Wildman–Crippen LogP) is 4.09. The van der Waals surface area contributed by atoms with E-state index in [1.807, 2.05) is 63.2 Å². The Morgan fingerprint density at radius 3 is 2.13 bits per heavy atom. The number of carbonyl (C=O) groups excluding carboxylic acids is 4. The van der Waals surface area contributed by atoms with Crippen molar-refractivity contribution in [3.05, 3.63) is 71.3 Å². The molecule has 0 saturated heterocycles. The Kier molecular flexibility index (Phi) is 11.5. The average molecular weight is 540 g/mol. The van der Waals surface area contributed by atoms with Crippen molar-refractivity contribution in [3.8, 4) is 0 Å². The highest BCUT2D eigenvalue weighted by Crippen LogP contribution is 2.27. The number of aryl methyl sites for hydroxylation is 1. The third kappa shape index (κ3) is 9.74. The standard InChI is InChI=1S/C30H41N3O6/c1-8-21(3)33(26(23-16-14-20(2)15-17-23)27(35)31-19-25(34)38-7)28(36)24(18-22-12-10-9-11-13-22)32-29(37)39-30(4,5)6/h9-17,21,24,26H,8,18-19H2,1-7H3,(H,31,35)(H,32,37). The molecule has 0 radical (unpaired) electrons. The molecule has 0 saturated carbocycles. The van der Waals surface area contributed by atoms with Gasteiger partial charge in [-0.15, -0.1) is 0 Å². The Morgan fingerprint density at radius 1 is 0.974 bits per heavy atom. The molecule has 0 fully saturated rings. The van der Waals surface area contributed by atoms with E-state index in [9.17, 15) is 19.2 Å². The van der Waals surface area contributed by atoms with Crippen LogP contribution in [-0.2, 0) is 30.3 Å². The molecule has 0 aromatic heterocycles. The van der Waals surface area contributed by atoms with Crippen LogP contribution >= 0.6 is 0 Å². The highest BCUT2D eigenvalue weighted by atomic mass is 16.6. The van der Waals surface area contributed by atoms with Gasteiger partial charge >= 0.3 is 12.1 Å². The molecule has 0 aliphatic heterocycles. The second-order valence-electron chi connectivity index (χ2n) is 10.5. The van der Waals surface area contributed by atoms with Gasteiger partial charge in [0.2, 0.25) is 11.8 Å². The maximum absolute atomic E-state index is 14.3. The number of ether oxygens (including phenoxy) is 2. The maximum atomic E-state index is 14.3. The molecule has 3 unspecified atom stereocenters. The molecule has 9 heteroatoms. The van der Waals surface area contributed by atoms with E-state index in [2.05, 4.69) is 15.4 Å². The van der Waals surface area contributed by atoms with Crippen molar-refractivity contribution in [1.29, 1.82) is 0 Å². The fourth-order valence-corrected chi connectivity index (χ4v) is 3.99. The molecule has 2 aromatic carbocycles. The number of amides is 3. The SMILES string of the molecule is CCC(C)N(C(=O)C(Cc1ccccc1)NC(=O)OC(C)(C)C)C(C(=O)NCC(=O)OC)c1ccc(C)cc1. The van der Waals surface area contributed by atoms with E-state index in [1.54, 1.807) is 32.9 Å². The summed E-state index contributed by atoms with van der Waals surface area (Å²) in [5.41, 5.74) is 1.63. The molecule has 0 bridgehead atoms. The van der Waals surface area contributed by atoms with Crippen molar-refractivity contribution in [3.63, 3.8) is 0 Å². The number of rotatable bonds is 11. The highest BCUT2D eigenvalue weighted by Gasteiger charge is 2.38. The van der Waals surface area contributed by atoms with Gasteiger partial charge in [-0.3, -0.25) is 14.4 Å². The highest BCUT2D eigenvalue weighted by molar-refractivity contribution is 5.93. The van der Waals surface area contributed by atoms with Crippen LogP contribution in [0.4, 0.5) is 4.79 Å². The number of nitrogens with zero attached hydrogens (tertiary/aromatic N) is 1. The number of hydrogen-bond donors (Lipinski definition) is 2. The quantitative estimate of drug-likeness (QED) is 0.416. The van der Waals surface area contributed by atoms with Crippen LogP contribution in [0.1, 0.15) is 63.8 Å². The van der Waals surface area contributed by atoms with Crippen molar-refractivity contribution in [2.24, 2.45) is 0 Å². The van der Waals surface area contributed by atoms with E-state index in [-0.39, 0.29) is 19.0 Å². The summed E-state index contributed by atoms with van der Waals surface area (Å²) >= 11 is 0. The minimum absolute atomic E-state index is 0.191. The van der Waals surface area contributed by atoms with Gasteiger partial charge in [-0.05, 0) is 52.2 Å². The number of hydrogen-bond acceptors (Lipinski definition) is 6. The Bertz CT molecular complexity index is 1110. The zero-order valence-electron chi connectivity index (χ0n) is 23.9. The van der Waals surface area contributed by atoms with Crippen LogP contribution in [-0.4, -0.2) is 60.1 Å². The van der Waals surface area contributed by atoms with Gasteiger partial charge in [-0.1, -0.05) is 67.1 Å². The molecule has 0 heterocycles. The van der Waals surface area contributed by atoms with Crippen LogP contribution in [0.2, 0.25) is 0 Å². The fourth-order valence-electron chi connectivity index (χ4n) is 3.99. The first kappa shape index (κ1) is 31.3. The van der Waals surface area contributed by atoms with Gasteiger partial charge in [-0.25, -0.2) is 4.79 Å². The average Bonchev–Trinajstić information content (AvgIpc) is 2.89. The summed E-state index contributed by atoms with van der Waals surface area (Å²) in [6.45, 7) is 10.6. The summed E-state index contributed by atoms with van der Waals surface area (Å²) in [5, 5.41) is 5.34. The summed E-state index contributed by atoms with van der Waals surface area (Å²) in [4.78, 5) is 54.0. The van der Waals surface area contributed by atoms with Crippen LogP contribution in [0.25, 0.3) is 0 Å². The number of carbonyl (C=O) groups is 4. The van der Waals surface area contributed by atoms with Crippen molar-refractivity contribution >= 4 is 23.9 Å². The predicted molar refractivity (Wildman–Crippen MR) is 149 cm³/mol. The van der Waals surface area contributed by atoms with Gasteiger partial charge in [0, 0.05) is 12.5 Å². The molecule has 2 aromatic rings. The molecule has 3 atom stereocenters. The summed E-state index contributed by atoms with van der Waals surface area (Å²) in [7, 11) is 1.23. The van der Waals surface area contributed by atoms with Crippen LogP contribution in [0, 0.1) is 6.92 Å². The molecule has 2 N–H and O–H groups in total. The topological polar surface area (TPSA) is 114 Å². The minimum atomic E-state index is -1.06. The van der Waals surface area contributed by atoms with Crippen LogP contribution < -0.4 is 10.6 Å². The third-order valence-electron chi connectivity index (χ3n) is 6.15. The van der Waals surface area contributed by atoms with E-state index < -0.39 is 41.6 Å². The van der Waals surface area contributed by atoms with Crippen molar-refractivity contribution in [1.82, 2.24) is 15.5 Å². The minimum Gasteiger partial charge on any atom is -0.468 e. The van der Waals surface area contributed by atoms with E-state index in [0.717, 1.165) is 11.1 Å². The van der Waals surface area contributed by atoms with Gasteiger partial charge in [-0.2, -0.15) is 0 Å². The second kappa shape index (κ2) is 14.3. The second-order valence-corrected chi connectivity index (χ2v) is 10.5. The van der Waals surface area contributed by atoms with Gasteiger partial charge in [0.25, 0.3) is 0 Å². The van der Waals surface area contributed by atoms with Crippen molar-refractivity contribution < 1.29 is 28.7 Å². The summed E-state index contributed by atoms with van der Waals surface area (Å²) in [5.74, 6) is -1.59. The molecule has 3 amide bonds. The monoisotopic (exact) mass is 539 g/mol. The van der Waals surface area contributed by atoms with Gasteiger partial charge in [0.1, 0.15) is 24.2 Å². The Balaban J connectivity index is 2.55. The van der Waals surface area contributed by atoms with Crippen molar-refractivity contribution in [2.45, 2.75) is 78.1 Å². The number of esters is 1. The van der Waals surface area contributed by atoms with E-state index >= 15 is 0 Å². The lowest BCUT2D eigenvalue weighted by molar-refractivity contribution is -0.146. The molecule has 0 spiro atoms. The molecule has 9 nitrogen and oxygen atoms in total. The summed E-state index contributed by atoms with van der Waals surface area (Å²) in [6, 6.07) is 14.1. The van der Waals surface area contributed by atoms with Crippen LogP contribution in [0.3, 0.4) is 0 Å². The largest absolute Gasteiger partial charge is 0.468 e. The molecule has 2 rings (SSSR count). The van der Waals surface area contributed by atoms with E-state index in [0.29, 0.717) is 12.0 Å². The van der Waals surface area contributed by atoms with Crippen molar-refractivity contribution in [2.75, 3.05) is 13.7 Å². The van der Waals surface area contributed by atoms with E-state index in [4.69, 9.17) is 4.74 Å². The molecule has 0 aliphatic carbocycles. The van der Waals surface area contributed by atoms with Crippen LogP contribution in [0.5, 0.6) is 0 Å². The summed E-state index contributed by atoms with van der Waals surface area (Å²) in [6.07, 6.45) is 0.00183. The molecule has 212 valence electrons. The first-order chi connectivity index (χ1) is 18.4. The van der Waals surface area contributed by atoms with E-state index in [1.165, 1.54) is 12.0 Å². The first-order valence-corrected chi connectivity index (χ1v) is 13.1. The molecule has 0 aliphatic rings. The molecular formula is C30H41N3O6. The zero-order chi connectivity index (χ0) is 29.2. The Hall–Kier alpha value is -3.88. The smallest absolute Gasteiger partial charge is 0.408 e. The molecule has 39 heavy (non-hydrogen) atoms. The summed E-state index contributed by atoms with van der Waals surface area (Å²) < 4.78 is 10.1. The lowest BCUT2D eigenvalue weighted by Gasteiger charge is -2.38. The van der Waals surface area contributed by atoms with Gasteiger partial charge in [0.15, 0.2) is 0 Å². The van der Waals surface area contributed by atoms with Crippen LogP contribution in [0.15, 0.2) is 54.6 Å². The van der Waals surface area contributed by atoms with Gasteiger partial charge in [0.05, 0.1) is 7.11 Å². The molecular weight excluding hydrogens is 498 g/mol. The number of nitrogens with one attached hydrogen (secondary N) is 2. The first-order valence-electron chi connectivity index (χ1n) is 13.1. The lowest BCUT2D eigenvalue weighted by atomic mass is 9.97. The number of alkyl carbamates (subject to hydrolysis) is 1.